The van der Waals surface area contributed by atoms with Crippen LogP contribution >= 0.6 is 0 Å². The van der Waals surface area contributed by atoms with Crippen molar-refractivity contribution in [3.05, 3.63) is 102 Å². The van der Waals surface area contributed by atoms with Gasteiger partial charge in [-0.15, -0.1) is 5.06 Å². The molecular formula is C30H34FNO7. The fourth-order valence-corrected chi connectivity index (χ4v) is 3.48. The van der Waals surface area contributed by atoms with E-state index in [9.17, 15) is 9.59 Å². The van der Waals surface area contributed by atoms with E-state index in [4.69, 9.17) is 23.8 Å². The van der Waals surface area contributed by atoms with Crippen molar-refractivity contribution in [2.45, 2.75) is 51.8 Å². The third-order valence-electron chi connectivity index (χ3n) is 5.32. The molecule has 3 aromatic carbocycles. The van der Waals surface area contributed by atoms with E-state index in [0.29, 0.717) is 23.5 Å². The van der Waals surface area contributed by atoms with Crippen LogP contribution in [0.3, 0.4) is 0 Å². The maximum atomic E-state index is 16.8. The number of alkyl halides is 1. The number of rotatable bonds is 12. The molecule has 0 heterocycles. The summed E-state index contributed by atoms with van der Waals surface area (Å²) < 4.78 is 38.1. The molecule has 0 unspecified atom stereocenters. The molecule has 0 radical (unpaired) electrons. The highest BCUT2D eigenvalue weighted by atomic mass is 19.1. The van der Waals surface area contributed by atoms with Crippen molar-refractivity contribution < 1.29 is 37.8 Å². The first-order chi connectivity index (χ1) is 18.6. The van der Waals surface area contributed by atoms with E-state index in [2.05, 4.69) is 0 Å². The van der Waals surface area contributed by atoms with Crippen molar-refractivity contribution in [3.8, 4) is 5.75 Å². The van der Waals surface area contributed by atoms with Crippen LogP contribution in [0.25, 0.3) is 0 Å². The molecule has 1 atom stereocenters. The summed E-state index contributed by atoms with van der Waals surface area (Å²) in [5.41, 5.74) is 1.04. The van der Waals surface area contributed by atoms with Crippen molar-refractivity contribution >= 4 is 12.1 Å². The van der Waals surface area contributed by atoms with Crippen molar-refractivity contribution in [2.24, 2.45) is 0 Å². The number of hydrogen-bond donors (Lipinski definition) is 0. The minimum Gasteiger partial charge on any atom is -0.489 e. The van der Waals surface area contributed by atoms with Crippen LogP contribution < -0.4 is 4.74 Å². The van der Waals surface area contributed by atoms with Crippen molar-refractivity contribution in [3.63, 3.8) is 0 Å². The molecule has 0 aromatic heterocycles. The zero-order chi connectivity index (χ0) is 28.3. The highest BCUT2D eigenvalue weighted by Crippen LogP contribution is 2.29. The molecule has 208 valence electrons. The number of esters is 1. The summed E-state index contributed by atoms with van der Waals surface area (Å²) in [6.45, 7) is 4.48. The van der Waals surface area contributed by atoms with Crippen LogP contribution in [0.15, 0.2) is 84.9 Å². The Kier molecular flexibility index (Phi) is 10.4. The van der Waals surface area contributed by atoms with Gasteiger partial charge in [0, 0.05) is 13.5 Å². The number of carbonyl (C=O) groups excluding carboxylic acids is 2. The van der Waals surface area contributed by atoms with Gasteiger partial charge in [0.2, 0.25) is 0 Å². The Bertz CT molecular complexity index is 1180. The normalized spacial score (nSPS) is 12.7. The Balaban J connectivity index is 1.84. The Hall–Kier alpha value is -3.95. The zero-order valence-corrected chi connectivity index (χ0v) is 22.6. The number of hydrogen-bond acceptors (Lipinski definition) is 7. The first-order valence-electron chi connectivity index (χ1n) is 12.4. The summed E-state index contributed by atoms with van der Waals surface area (Å²) in [5.74, 6) is -3.85. The molecule has 0 fully saturated rings. The molecule has 0 aliphatic carbocycles. The first-order valence-corrected chi connectivity index (χ1v) is 12.4. The summed E-state index contributed by atoms with van der Waals surface area (Å²) in [6, 6.07) is 24.9. The van der Waals surface area contributed by atoms with Gasteiger partial charge >= 0.3 is 17.9 Å². The maximum Gasteiger partial charge on any atom is 0.438 e. The van der Waals surface area contributed by atoms with Gasteiger partial charge in [0.25, 0.3) is 0 Å². The van der Waals surface area contributed by atoms with Gasteiger partial charge in [-0.2, -0.15) is 0 Å². The molecular weight excluding hydrogens is 505 g/mol. The topological polar surface area (TPSA) is 83.5 Å². The molecule has 0 aliphatic rings. The fraction of sp³-hybridized carbons (Fsp3) is 0.333. The van der Waals surface area contributed by atoms with E-state index in [0.717, 1.165) is 5.56 Å². The van der Waals surface area contributed by atoms with Gasteiger partial charge in [0.15, 0.2) is 6.79 Å². The zero-order valence-electron chi connectivity index (χ0n) is 22.6. The molecule has 9 heteroatoms. The molecule has 1 amide bonds. The second-order valence-electron chi connectivity index (χ2n) is 9.73. The number of ether oxygens (including phenoxy) is 4. The number of amides is 1. The van der Waals surface area contributed by atoms with Crippen LogP contribution in [0.1, 0.15) is 37.5 Å². The quantitative estimate of drug-likeness (QED) is 0.121. The summed E-state index contributed by atoms with van der Waals surface area (Å²) in [7, 11) is 1.30. The number of halogens is 1. The average Bonchev–Trinajstić information content (AvgIpc) is 2.91. The summed E-state index contributed by atoms with van der Waals surface area (Å²) in [6.07, 6.45) is -1.79. The Labute approximate surface area is 228 Å². The Morgan fingerprint density at radius 2 is 1.36 bits per heavy atom. The van der Waals surface area contributed by atoms with Gasteiger partial charge in [-0.1, -0.05) is 72.8 Å². The van der Waals surface area contributed by atoms with Gasteiger partial charge in [0.1, 0.15) is 24.6 Å². The SMILES string of the molecule is COCON(C(=O)OC(C)(C)C)[C@](F)(Cc1ccc(OCc2ccccc2)cc1)C(=O)OCc1ccccc1. The van der Waals surface area contributed by atoms with E-state index in [-0.39, 0.29) is 11.7 Å². The van der Waals surface area contributed by atoms with E-state index in [1.165, 1.54) is 7.11 Å². The lowest BCUT2D eigenvalue weighted by Gasteiger charge is -2.35. The molecule has 0 bridgehead atoms. The largest absolute Gasteiger partial charge is 0.489 e. The smallest absolute Gasteiger partial charge is 0.438 e. The standard InChI is InChI=1S/C30H34FNO7/c1-29(2,3)39-28(34)32(38-22-35-4)30(31,27(33)37-21-25-13-9-6-10-14-25)19-23-15-17-26(18-16-23)36-20-24-11-7-5-8-12-24/h5-18H,19-22H2,1-4H3/t30-/m1/s1. The lowest BCUT2D eigenvalue weighted by molar-refractivity contribution is -0.277. The van der Waals surface area contributed by atoms with Crippen LogP contribution in [0.2, 0.25) is 0 Å². The van der Waals surface area contributed by atoms with Gasteiger partial charge in [-0.3, -0.25) is 0 Å². The minimum atomic E-state index is -3.08. The fourth-order valence-electron chi connectivity index (χ4n) is 3.48. The molecule has 0 saturated carbocycles. The molecule has 39 heavy (non-hydrogen) atoms. The third kappa shape index (κ3) is 9.08. The highest BCUT2D eigenvalue weighted by molar-refractivity contribution is 5.84. The molecule has 0 spiro atoms. The number of nitrogens with zero attached hydrogens (tertiary/aromatic N) is 1. The van der Waals surface area contributed by atoms with Crippen LogP contribution in [0.5, 0.6) is 5.75 Å². The number of hydroxylamine groups is 2. The molecule has 3 rings (SSSR count). The van der Waals surface area contributed by atoms with Crippen molar-refractivity contribution in [1.82, 2.24) is 5.06 Å². The first kappa shape index (κ1) is 29.6. The van der Waals surface area contributed by atoms with Crippen molar-refractivity contribution in [1.29, 1.82) is 0 Å². The number of benzene rings is 3. The van der Waals surface area contributed by atoms with Crippen molar-refractivity contribution in [2.75, 3.05) is 13.9 Å². The predicted molar refractivity (Wildman–Crippen MR) is 142 cm³/mol. The second kappa shape index (κ2) is 13.7. The van der Waals surface area contributed by atoms with Crippen LogP contribution in [-0.2, 0) is 43.5 Å². The van der Waals surface area contributed by atoms with E-state index in [1.54, 1.807) is 75.4 Å². The van der Waals surface area contributed by atoms with Gasteiger partial charge in [-0.25, -0.2) is 18.8 Å². The lowest BCUT2D eigenvalue weighted by Crippen LogP contribution is -2.57. The predicted octanol–water partition coefficient (Wildman–Crippen LogP) is 5.99. The molecule has 3 aromatic rings. The minimum absolute atomic E-state index is 0.204. The van der Waals surface area contributed by atoms with Gasteiger partial charge < -0.3 is 18.9 Å². The summed E-state index contributed by atoms with van der Waals surface area (Å²) in [5, 5.41) is 0.245. The Morgan fingerprint density at radius 1 is 0.795 bits per heavy atom. The monoisotopic (exact) mass is 539 g/mol. The second-order valence-corrected chi connectivity index (χ2v) is 9.73. The number of carbonyl (C=O) groups is 2. The molecule has 8 nitrogen and oxygen atoms in total. The van der Waals surface area contributed by atoms with Crippen LogP contribution in [-0.4, -0.2) is 42.4 Å². The lowest BCUT2D eigenvalue weighted by atomic mass is 10.0. The van der Waals surface area contributed by atoms with E-state index < -0.39 is 36.7 Å². The third-order valence-corrected chi connectivity index (χ3v) is 5.32. The molecule has 0 aliphatic heterocycles. The maximum absolute atomic E-state index is 16.8. The highest BCUT2D eigenvalue weighted by Gasteiger charge is 2.52. The van der Waals surface area contributed by atoms with Crippen LogP contribution in [0.4, 0.5) is 9.18 Å². The van der Waals surface area contributed by atoms with Crippen LogP contribution in [0, 0.1) is 0 Å². The summed E-state index contributed by atoms with van der Waals surface area (Å²) >= 11 is 0. The average molecular weight is 540 g/mol. The summed E-state index contributed by atoms with van der Waals surface area (Å²) in [4.78, 5) is 31.5. The van der Waals surface area contributed by atoms with Gasteiger partial charge in [0.05, 0.1) is 0 Å². The molecule has 0 N–H and O–H groups in total. The van der Waals surface area contributed by atoms with E-state index >= 15 is 4.39 Å². The van der Waals surface area contributed by atoms with E-state index in [1.807, 2.05) is 30.3 Å². The number of methoxy groups -OCH3 is 1. The molecule has 0 saturated heterocycles. The van der Waals surface area contributed by atoms with Gasteiger partial charge in [-0.05, 0) is 49.6 Å². The Morgan fingerprint density at radius 3 is 1.90 bits per heavy atom.